The first-order chi connectivity index (χ1) is 17.7. The lowest BCUT2D eigenvalue weighted by Crippen LogP contribution is -2.31. The van der Waals surface area contributed by atoms with Crippen LogP contribution >= 0.6 is 0 Å². The van der Waals surface area contributed by atoms with E-state index in [2.05, 4.69) is 4.98 Å². The SMILES string of the molecule is O=C(c1cccc(N2CCCC2=O)c1)N(Cc1cccc(OC[C@@H]2CCOC2)c1)Cc1ccccn1. The highest BCUT2D eigenvalue weighted by Gasteiger charge is 2.24. The first-order valence-electron chi connectivity index (χ1n) is 12.5. The molecule has 0 N–H and O–H groups in total. The highest BCUT2D eigenvalue weighted by Crippen LogP contribution is 2.24. The zero-order valence-corrected chi connectivity index (χ0v) is 20.3. The number of benzene rings is 2. The van der Waals surface area contributed by atoms with Crippen molar-refractivity contribution in [1.82, 2.24) is 9.88 Å². The van der Waals surface area contributed by atoms with Gasteiger partial charge in [-0.25, -0.2) is 0 Å². The Morgan fingerprint density at radius 3 is 2.78 bits per heavy atom. The van der Waals surface area contributed by atoms with Crippen LogP contribution in [0.1, 0.15) is 40.9 Å². The molecule has 0 spiro atoms. The van der Waals surface area contributed by atoms with Gasteiger partial charge in [-0.15, -0.1) is 0 Å². The predicted octanol–water partition coefficient (Wildman–Crippen LogP) is 4.47. The van der Waals surface area contributed by atoms with E-state index in [1.54, 1.807) is 22.1 Å². The van der Waals surface area contributed by atoms with E-state index in [0.29, 0.717) is 44.1 Å². The molecule has 5 rings (SSSR count). The maximum atomic E-state index is 13.7. The third-order valence-corrected chi connectivity index (χ3v) is 6.63. The summed E-state index contributed by atoms with van der Waals surface area (Å²) in [5.74, 6) is 1.21. The number of rotatable bonds is 9. The predicted molar refractivity (Wildman–Crippen MR) is 137 cm³/mol. The second kappa shape index (κ2) is 11.4. The van der Waals surface area contributed by atoms with E-state index in [-0.39, 0.29) is 11.8 Å². The van der Waals surface area contributed by atoms with Gasteiger partial charge >= 0.3 is 0 Å². The van der Waals surface area contributed by atoms with Gasteiger partial charge in [0.25, 0.3) is 5.91 Å². The molecule has 3 heterocycles. The summed E-state index contributed by atoms with van der Waals surface area (Å²) in [6.07, 6.45) is 4.15. The topological polar surface area (TPSA) is 72.0 Å². The first kappa shape index (κ1) is 24.0. The maximum Gasteiger partial charge on any atom is 0.254 e. The van der Waals surface area contributed by atoms with Crippen molar-refractivity contribution < 1.29 is 19.1 Å². The number of carbonyl (C=O) groups is 2. The monoisotopic (exact) mass is 485 g/mol. The number of hydrogen-bond acceptors (Lipinski definition) is 5. The van der Waals surface area contributed by atoms with Gasteiger partial charge < -0.3 is 19.3 Å². The van der Waals surface area contributed by atoms with Crippen LogP contribution in [0.4, 0.5) is 5.69 Å². The molecule has 36 heavy (non-hydrogen) atoms. The van der Waals surface area contributed by atoms with Crippen molar-refractivity contribution in [3.05, 3.63) is 89.7 Å². The second-order valence-corrected chi connectivity index (χ2v) is 9.37. The average Bonchev–Trinajstić information content (AvgIpc) is 3.59. The largest absolute Gasteiger partial charge is 0.493 e. The van der Waals surface area contributed by atoms with E-state index < -0.39 is 0 Å². The molecule has 2 aliphatic rings. The van der Waals surface area contributed by atoms with Crippen LogP contribution in [0.25, 0.3) is 0 Å². The molecule has 7 nitrogen and oxygen atoms in total. The highest BCUT2D eigenvalue weighted by atomic mass is 16.5. The Morgan fingerprint density at radius 2 is 2.00 bits per heavy atom. The number of pyridine rings is 1. The Labute approximate surface area is 211 Å². The van der Waals surface area contributed by atoms with Crippen LogP contribution in [-0.2, 0) is 22.6 Å². The van der Waals surface area contributed by atoms with E-state index in [0.717, 1.165) is 48.7 Å². The molecule has 2 amide bonds. The smallest absolute Gasteiger partial charge is 0.254 e. The number of hydrogen-bond donors (Lipinski definition) is 0. The average molecular weight is 486 g/mol. The molecule has 7 heteroatoms. The van der Waals surface area contributed by atoms with Crippen LogP contribution < -0.4 is 9.64 Å². The van der Waals surface area contributed by atoms with Crippen molar-refractivity contribution in [3.8, 4) is 5.75 Å². The summed E-state index contributed by atoms with van der Waals surface area (Å²) in [5, 5.41) is 0. The van der Waals surface area contributed by atoms with Gasteiger partial charge in [-0.3, -0.25) is 14.6 Å². The molecular weight excluding hydrogens is 454 g/mol. The molecule has 1 aromatic heterocycles. The lowest BCUT2D eigenvalue weighted by atomic mass is 10.1. The summed E-state index contributed by atoms with van der Waals surface area (Å²) < 4.78 is 11.5. The van der Waals surface area contributed by atoms with Crippen LogP contribution in [0.5, 0.6) is 5.75 Å². The third-order valence-electron chi connectivity index (χ3n) is 6.63. The third kappa shape index (κ3) is 5.91. The van der Waals surface area contributed by atoms with E-state index in [4.69, 9.17) is 9.47 Å². The summed E-state index contributed by atoms with van der Waals surface area (Å²) in [6, 6.07) is 21.0. The van der Waals surface area contributed by atoms with Crippen molar-refractivity contribution in [2.75, 3.05) is 31.3 Å². The molecule has 0 unspecified atom stereocenters. The minimum Gasteiger partial charge on any atom is -0.493 e. The molecule has 2 fully saturated rings. The second-order valence-electron chi connectivity index (χ2n) is 9.37. The van der Waals surface area contributed by atoms with Gasteiger partial charge in [-0.2, -0.15) is 0 Å². The number of carbonyl (C=O) groups excluding carboxylic acids is 2. The number of amides is 2. The van der Waals surface area contributed by atoms with Crippen LogP contribution in [0.2, 0.25) is 0 Å². The maximum absolute atomic E-state index is 13.7. The zero-order valence-electron chi connectivity index (χ0n) is 20.3. The van der Waals surface area contributed by atoms with E-state index >= 15 is 0 Å². The molecule has 2 saturated heterocycles. The molecule has 2 aromatic carbocycles. The molecular formula is C29H31N3O4. The van der Waals surface area contributed by atoms with Crippen LogP contribution in [0.15, 0.2) is 72.9 Å². The van der Waals surface area contributed by atoms with Crippen molar-refractivity contribution in [3.63, 3.8) is 0 Å². The molecule has 1 atom stereocenters. The molecule has 0 bridgehead atoms. The summed E-state index contributed by atoms with van der Waals surface area (Å²) in [4.78, 5) is 34.0. The normalized spacial score (nSPS) is 17.4. The van der Waals surface area contributed by atoms with Gasteiger partial charge in [0.1, 0.15) is 5.75 Å². The Morgan fingerprint density at radius 1 is 1.08 bits per heavy atom. The fourth-order valence-electron chi connectivity index (χ4n) is 4.68. The quantitative estimate of drug-likeness (QED) is 0.447. The Hall–Kier alpha value is -3.71. The Kier molecular flexibility index (Phi) is 7.57. The molecule has 0 aliphatic carbocycles. The fourth-order valence-corrected chi connectivity index (χ4v) is 4.68. The minimum absolute atomic E-state index is 0.103. The van der Waals surface area contributed by atoms with Gasteiger partial charge in [-0.05, 0) is 60.9 Å². The first-order valence-corrected chi connectivity index (χ1v) is 12.5. The van der Waals surface area contributed by atoms with Crippen molar-refractivity contribution in [1.29, 1.82) is 0 Å². The molecule has 0 saturated carbocycles. The Bertz CT molecular complexity index is 1190. The summed E-state index contributed by atoms with van der Waals surface area (Å²) in [6.45, 7) is 3.64. The summed E-state index contributed by atoms with van der Waals surface area (Å²) >= 11 is 0. The van der Waals surface area contributed by atoms with Crippen LogP contribution in [0.3, 0.4) is 0 Å². The van der Waals surface area contributed by atoms with Crippen LogP contribution in [0, 0.1) is 5.92 Å². The van der Waals surface area contributed by atoms with Gasteiger partial charge in [0.2, 0.25) is 5.91 Å². The van der Waals surface area contributed by atoms with E-state index in [1.807, 2.05) is 60.7 Å². The highest BCUT2D eigenvalue weighted by molar-refractivity contribution is 5.99. The van der Waals surface area contributed by atoms with Crippen molar-refractivity contribution in [2.45, 2.75) is 32.4 Å². The standard InChI is InChI=1S/C29H31N3O4/c33-28-11-5-14-32(28)26-9-4-7-24(17-26)29(34)31(19-25-8-1-2-13-30-25)18-22-6-3-10-27(16-22)36-21-23-12-15-35-20-23/h1-4,6-10,13,16-17,23H,5,11-12,14-15,18-21H2/t23-/m1/s1. The molecule has 186 valence electrons. The lowest BCUT2D eigenvalue weighted by molar-refractivity contribution is -0.117. The van der Waals surface area contributed by atoms with Crippen molar-refractivity contribution >= 4 is 17.5 Å². The van der Waals surface area contributed by atoms with E-state index in [1.165, 1.54) is 0 Å². The lowest BCUT2D eigenvalue weighted by Gasteiger charge is -2.24. The number of aromatic nitrogens is 1. The van der Waals surface area contributed by atoms with Gasteiger partial charge in [-0.1, -0.05) is 24.3 Å². The molecule has 3 aromatic rings. The van der Waals surface area contributed by atoms with Crippen LogP contribution in [-0.4, -0.2) is 48.1 Å². The zero-order chi connectivity index (χ0) is 24.7. The molecule has 0 radical (unpaired) electrons. The fraction of sp³-hybridized carbons (Fsp3) is 0.345. The van der Waals surface area contributed by atoms with E-state index in [9.17, 15) is 9.59 Å². The number of ether oxygens (including phenoxy) is 2. The van der Waals surface area contributed by atoms with Gasteiger partial charge in [0.15, 0.2) is 0 Å². The van der Waals surface area contributed by atoms with Gasteiger partial charge in [0, 0.05) is 49.5 Å². The number of nitrogens with zero attached hydrogens (tertiary/aromatic N) is 3. The minimum atomic E-state index is -0.108. The Balaban J connectivity index is 1.35. The molecule has 2 aliphatic heterocycles. The summed E-state index contributed by atoms with van der Waals surface area (Å²) in [7, 11) is 0. The van der Waals surface area contributed by atoms with Gasteiger partial charge in [0.05, 0.1) is 25.5 Å². The number of anilines is 1. The van der Waals surface area contributed by atoms with Crippen molar-refractivity contribution in [2.24, 2.45) is 5.92 Å². The summed E-state index contributed by atoms with van der Waals surface area (Å²) in [5.41, 5.74) is 3.11.